The number of aryl methyl sites for hydroxylation is 2. The number of hydrogen-bond acceptors (Lipinski definition) is 2. The number of hydrogen-bond donors (Lipinski definition) is 1. The molecule has 90 valence electrons. The summed E-state index contributed by atoms with van der Waals surface area (Å²) in [6.07, 6.45) is -0.640. The molecule has 1 N–H and O–H groups in total. The van der Waals surface area contributed by atoms with E-state index >= 15 is 0 Å². The van der Waals surface area contributed by atoms with E-state index in [1.165, 1.54) is 5.56 Å². The zero-order chi connectivity index (χ0) is 13.1. The van der Waals surface area contributed by atoms with Crippen molar-refractivity contribution < 1.29 is 5.11 Å². The molecule has 1 atom stereocenters. The average Bonchev–Trinajstić information content (AvgIpc) is 2.38. The average molecular weight is 237 g/mol. The second-order valence-electron chi connectivity index (χ2n) is 4.50. The molecule has 0 amide bonds. The molecule has 0 radical (unpaired) electrons. The summed E-state index contributed by atoms with van der Waals surface area (Å²) < 4.78 is 0. The predicted molar refractivity (Wildman–Crippen MR) is 71.1 cm³/mol. The van der Waals surface area contributed by atoms with E-state index in [1.807, 2.05) is 26.0 Å². The number of rotatable bonds is 2. The second-order valence-corrected chi connectivity index (χ2v) is 4.50. The molecule has 0 saturated carbocycles. The SMILES string of the molecule is Cc1ccc(C(O)c2ccc(C#N)cc2)c(C)c1. The lowest BCUT2D eigenvalue weighted by atomic mass is 9.96. The van der Waals surface area contributed by atoms with Crippen LogP contribution in [0.2, 0.25) is 0 Å². The Kier molecular flexibility index (Phi) is 3.45. The summed E-state index contributed by atoms with van der Waals surface area (Å²) in [5, 5.41) is 19.1. The van der Waals surface area contributed by atoms with E-state index in [0.717, 1.165) is 16.7 Å². The van der Waals surface area contributed by atoms with Crippen molar-refractivity contribution >= 4 is 0 Å². The van der Waals surface area contributed by atoms with Gasteiger partial charge in [-0.2, -0.15) is 5.26 Å². The Labute approximate surface area is 107 Å². The number of nitriles is 1. The maximum Gasteiger partial charge on any atom is 0.104 e. The zero-order valence-corrected chi connectivity index (χ0v) is 10.5. The maximum absolute atomic E-state index is 10.3. The van der Waals surface area contributed by atoms with Gasteiger partial charge in [-0.25, -0.2) is 0 Å². The minimum Gasteiger partial charge on any atom is -0.384 e. The molecule has 1 unspecified atom stereocenters. The van der Waals surface area contributed by atoms with E-state index in [4.69, 9.17) is 5.26 Å². The summed E-state index contributed by atoms with van der Waals surface area (Å²) in [4.78, 5) is 0. The Hall–Kier alpha value is -2.11. The largest absolute Gasteiger partial charge is 0.384 e. The van der Waals surface area contributed by atoms with Crippen molar-refractivity contribution in [2.45, 2.75) is 20.0 Å². The molecular weight excluding hydrogens is 222 g/mol. The van der Waals surface area contributed by atoms with Gasteiger partial charge in [0.05, 0.1) is 11.6 Å². The van der Waals surface area contributed by atoms with E-state index < -0.39 is 6.10 Å². The number of benzene rings is 2. The molecule has 0 fully saturated rings. The van der Waals surface area contributed by atoms with Crippen LogP contribution in [-0.2, 0) is 0 Å². The van der Waals surface area contributed by atoms with Gasteiger partial charge in [0.2, 0.25) is 0 Å². The van der Waals surface area contributed by atoms with Gasteiger partial charge in [0.25, 0.3) is 0 Å². The van der Waals surface area contributed by atoms with Crippen molar-refractivity contribution in [3.63, 3.8) is 0 Å². The highest BCUT2D eigenvalue weighted by atomic mass is 16.3. The van der Waals surface area contributed by atoms with Crippen LogP contribution in [0, 0.1) is 25.2 Å². The van der Waals surface area contributed by atoms with Crippen LogP contribution in [0.3, 0.4) is 0 Å². The fourth-order valence-corrected chi connectivity index (χ4v) is 2.05. The smallest absolute Gasteiger partial charge is 0.104 e. The van der Waals surface area contributed by atoms with Crippen molar-refractivity contribution in [1.82, 2.24) is 0 Å². The topological polar surface area (TPSA) is 44.0 Å². The number of nitrogens with zero attached hydrogens (tertiary/aromatic N) is 1. The van der Waals surface area contributed by atoms with Gasteiger partial charge in [-0.05, 0) is 42.7 Å². The number of aliphatic hydroxyl groups excluding tert-OH is 1. The van der Waals surface area contributed by atoms with E-state index in [1.54, 1.807) is 24.3 Å². The van der Waals surface area contributed by atoms with Crippen molar-refractivity contribution in [2.75, 3.05) is 0 Å². The van der Waals surface area contributed by atoms with E-state index in [-0.39, 0.29) is 0 Å². The third-order valence-electron chi connectivity index (χ3n) is 3.08. The van der Waals surface area contributed by atoms with Crippen LogP contribution >= 0.6 is 0 Å². The fraction of sp³-hybridized carbons (Fsp3) is 0.188. The lowest BCUT2D eigenvalue weighted by molar-refractivity contribution is 0.219. The molecule has 0 aromatic heterocycles. The minimum absolute atomic E-state index is 0.603. The van der Waals surface area contributed by atoms with Crippen LogP contribution in [0.4, 0.5) is 0 Å². The third kappa shape index (κ3) is 2.42. The monoisotopic (exact) mass is 237 g/mol. The van der Waals surface area contributed by atoms with Gasteiger partial charge >= 0.3 is 0 Å². The van der Waals surface area contributed by atoms with Crippen LogP contribution in [0.25, 0.3) is 0 Å². The molecular formula is C16H15NO. The third-order valence-corrected chi connectivity index (χ3v) is 3.08. The van der Waals surface area contributed by atoms with Gasteiger partial charge in [-0.3, -0.25) is 0 Å². The summed E-state index contributed by atoms with van der Waals surface area (Å²) in [5.74, 6) is 0. The lowest BCUT2D eigenvalue weighted by Gasteiger charge is -2.14. The predicted octanol–water partition coefficient (Wildman–Crippen LogP) is 3.26. The Morgan fingerprint density at radius 1 is 1.06 bits per heavy atom. The molecule has 0 aliphatic heterocycles. The molecule has 2 aromatic carbocycles. The van der Waals surface area contributed by atoms with Gasteiger partial charge < -0.3 is 5.11 Å². The Morgan fingerprint density at radius 3 is 2.28 bits per heavy atom. The van der Waals surface area contributed by atoms with Gasteiger partial charge in [0.15, 0.2) is 0 Å². The molecule has 0 bridgehead atoms. The Morgan fingerprint density at radius 2 is 1.72 bits per heavy atom. The normalized spacial score (nSPS) is 11.9. The first-order valence-electron chi connectivity index (χ1n) is 5.87. The maximum atomic E-state index is 10.3. The molecule has 18 heavy (non-hydrogen) atoms. The van der Waals surface area contributed by atoms with E-state index in [0.29, 0.717) is 5.56 Å². The highest BCUT2D eigenvalue weighted by Crippen LogP contribution is 2.25. The first kappa shape index (κ1) is 12.3. The van der Waals surface area contributed by atoms with Crippen LogP contribution in [0.5, 0.6) is 0 Å². The highest BCUT2D eigenvalue weighted by Gasteiger charge is 2.12. The molecule has 2 heteroatoms. The van der Waals surface area contributed by atoms with Crippen LogP contribution in [0.1, 0.15) is 33.9 Å². The quantitative estimate of drug-likeness (QED) is 0.871. The first-order chi connectivity index (χ1) is 8.61. The summed E-state index contributed by atoms with van der Waals surface area (Å²) in [5.41, 5.74) is 4.58. The standard InChI is InChI=1S/C16H15NO/c1-11-3-8-15(12(2)9-11)16(18)14-6-4-13(10-17)5-7-14/h3-9,16,18H,1-2H3. The summed E-state index contributed by atoms with van der Waals surface area (Å²) >= 11 is 0. The summed E-state index contributed by atoms with van der Waals surface area (Å²) in [7, 11) is 0. The number of aliphatic hydroxyl groups is 1. The van der Waals surface area contributed by atoms with E-state index in [2.05, 4.69) is 12.1 Å². The van der Waals surface area contributed by atoms with Gasteiger partial charge in [0, 0.05) is 0 Å². The molecule has 0 saturated heterocycles. The molecule has 0 aliphatic rings. The van der Waals surface area contributed by atoms with Crippen LogP contribution < -0.4 is 0 Å². The molecule has 2 rings (SSSR count). The van der Waals surface area contributed by atoms with Crippen molar-refractivity contribution in [3.8, 4) is 6.07 Å². The Bertz CT molecular complexity index is 593. The second kappa shape index (κ2) is 5.03. The van der Waals surface area contributed by atoms with Gasteiger partial charge in [-0.15, -0.1) is 0 Å². The Balaban J connectivity index is 2.35. The molecule has 0 aliphatic carbocycles. The van der Waals surface area contributed by atoms with E-state index in [9.17, 15) is 5.11 Å². The van der Waals surface area contributed by atoms with Gasteiger partial charge in [0.1, 0.15) is 6.10 Å². The zero-order valence-electron chi connectivity index (χ0n) is 10.5. The molecule has 2 aromatic rings. The highest BCUT2D eigenvalue weighted by molar-refractivity contribution is 5.39. The lowest BCUT2D eigenvalue weighted by Crippen LogP contribution is -2.02. The molecule has 2 nitrogen and oxygen atoms in total. The van der Waals surface area contributed by atoms with Crippen molar-refractivity contribution in [1.29, 1.82) is 5.26 Å². The van der Waals surface area contributed by atoms with Crippen molar-refractivity contribution in [2.24, 2.45) is 0 Å². The van der Waals surface area contributed by atoms with Gasteiger partial charge in [-0.1, -0.05) is 35.9 Å². The molecule has 0 spiro atoms. The van der Waals surface area contributed by atoms with Crippen molar-refractivity contribution in [3.05, 3.63) is 70.3 Å². The molecule has 0 heterocycles. The minimum atomic E-state index is -0.640. The fourth-order valence-electron chi connectivity index (χ4n) is 2.05. The summed E-state index contributed by atoms with van der Waals surface area (Å²) in [6.45, 7) is 4.03. The first-order valence-corrected chi connectivity index (χ1v) is 5.87. The van der Waals surface area contributed by atoms with Crippen LogP contribution in [0.15, 0.2) is 42.5 Å². The summed E-state index contributed by atoms with van der Waals surface area (Å²) in [6, 6.07) is 15.1. The van der Waals surface area contributed by atoms with Crippen LogP contribution in [-0.4, -0.2) is 5.11 Å².